The van der Waals surface area contributed by atoms with Gasteiger partial charge in [-0.25, -0.2) is 9.59 Å². The molecule has 1 aliphatic heterocycles. The SMILES string of the molecule is COC(=O)c1ccc(CN2C(=O)N[C@@](C)(c3ccc(C)o3)C2=O)cc1. The number of furan rings is 1. The molecule has 2 aromatic rings. The molecule has 1 N–H and O–H groups in total. The molecule has 1 aromatic heterocycles. The van der Waals surface area contributed by atoms with E-state index in [1.807, 2.05) is 0 Å². The number of benzene rings is 1. The Balaban J connectivity index is 1.80. The molecule has 7 nitrogen and oxygen atoms in total. The van der Waals surface area contributed by atoms with Gasteiger partial charge in [0, 0.05) is 0 Å². The minimum atomic E-state index is -1.22. The molecule has 25 heavy (non-hydrogen) atoms. The van der Waals surface area contributed by atoms with Crippen molar-refractivity contribution in [2.24, 2.45) is 0 Å². The average Bonchev–Trinajstić information content (AvgIpc) is 3.13. The standard InChI is InChI=1S/C18H18N2O5/c1-11-4-9-14(25-11)18(2)16(22)20(17(23)19-18)10-12-5-7-13(8-6-12)15(21)24-3/h4-9H,10H2,1-3H3,(H,19,23)/t18-/m0/s1. The number of ether oxygens (including phenoxy) is 1. The Morgan fingerprint density at radius 3 is 2.44 bits per heavy atom. The van der Waals surface area contributed by atoms with Gasteiger partial charge in [-0.2, -0.15) is 0 Å². The topological polar surface area (TPSA) is 88.8 Å². The lowest BCUT2D eigenvalue weighted by atomic mass is 9.99. The number of carbonyl (C=O) groups is 3. The van der Waals surface area contributed by atoms with E-state index in [0.717, 1.165) is 10.5 Å². The van der Waals surface area contributed by atoms with Crippen LogP contribution in [0.1, 0.15) is 34.4 Å². The molecule has 0 unspecified atom stereocenters. The van der Waals surface area contributed by atoms with Crippen molar-refractivity contribution in [3.8, 4) is 0 Å². The molecule has 1 aliphatic rings. The monoisotopic (exact) mass is 342 g/mol. The summed E-state index contributed by atoms with van der Waals surface area (Å²) in [6.45, 7) is 3.49. The number of hydrogen-bond donors (Lipinski definition) is 1. The van der Waals surface area contributed by atoms with E-state index in [1.54, 1.807) is 50.2 Å². The van der Waals surface area contributed by atoms with E-state index >= 15 is 0 Å². The third-order valence-corrected chi connectivity index (χ3v) is 4.22. The fourth-order valence-corrected chi connectivity index (χ4v) is 2.76. The quantitative estimate of drug-likeness (QED) is 0.680. The summed E-state index contributed by atoms with van der Waals surface area (Å²) in [7, 11) is 1.31. The molecule has 0 bridgehead atoms. The molecule has 7 heteroatoms. The van der Waals surface area contributed by atoms with Crippen LogP contribution in [0.3, 0.4) is 0 Å². The van der Waals surface area contributed by atoms with Gasteiger partial charge in [0.1, 0.15) is 11.5 Å². The molecule has 3 amide bonds. The van der Waals surface area contributed by atoms with Gasteiger partial charge in [0.25, 0.3) is 5.91 Å². The fraction of sp³-hybridized carbons (Fsp3) is 0.278. The number of hydrogen-bond acceptors (Lipinski definition) is 5. The normalized spacial score (nSPS) is 19.9. The zero-order chi connectivity index (χ0) is 18.2. The van der Waals surface area contributed by atoms with Crippen molar-refractivity contribution in [1.82, 2.24) is 10.2 Å². The largest absolute Gasteiger partial charge is 0.465 e. The van der Waals surface area contributed by atoms with E-state index in [-0.39, 0.29) is 12.5 Å². The minimum Gasteiger partial charge on any atom is -0.465 e. The predicted octanol–water partition coefficient (Wildman–Crippen LogP) is 2.34. The maximum absolute atomic E-state index is 12.8. The first-order valence-electron chi connectivity index (χ1n) is 7.73. The molecule has 1 atom stereocenters. The molecule has 130 valence electrons. The number of nitrogens with zero attached hydrogens (tertiary/aromatic N) is 1. The lowest BCUT2D eigenvalue weighted by Gasteiger charge is -2.19. The van der Waals surface area contributed by atoms with Crippen LogP contribution in [0.2, 0.25) is 0 Å². The summed E-state index contributed by atoms with van der Waals surface area (Å²) in [6.07, 6.45) is 0. The highest BCUT2D eigenvalue weighted by molar-refractivity contribution is 6.06. The Labute approximate surface area is 144 Å². The van der Waals surface area contributed by atoms with Crippen LogP contribution in [0.15, 0.2) is 40.8 Å². The first kappa shape index (κ1) is 16.8. The number of carbonyl (C=O) groups excluding carboxylic acids is 3. The van der Waals surface area contributed by atoms with Crippen molar-refractivity contribution in [3.63, 3.8) is 0 Å². The zero-order valence-electron chi connectivity index (χ0n) is 14.2. The maximum atomic E-state index is 12.8. The first-order valence-corrected chi connectivity index (χ1v) is 7.73. The summed E-state index contributed by atoms with van der Waals surface area (Å²) < 4.78 is 10.2. The highest BCUT2D eigenvalue weighted by Crippen LogP contribution is 2.31. The van der Waals surface area contributed by atoms with Crippen LogP contribution in [-0.2, 0) is 21.6 Å². The van der Waals surface area contributed by atoms with Gasteiger partial charge in [0.15, 0.2) is 5.54 Å². The van der Waals surface area contributed by atoms with Gasteiger partial charge in [0.2, 0.25) is 0 Å². The number of aryl methyl sites for hydroxylation is 1. The van der Waals surface area contributed by atoms with Crippen LogP contribution in [0, 0.1) is 6.92 Å². The van der Waals surface area contributed by atoms with E-state index in [9.17, 15) is 14.4 Å². The molecule has 1 aromatic carbocycles. The molecule has 0 spiro atoms. The van der Waals surface area contributed by atoms with E-state index in [2.05, 4.69) is 10.1 Å². The second kappa shape index (κ2) is 6.08. The molecule has 3 rings (SSSR count). The third kappa shape index (κ3) is 2.88. The van der Waals surface area contributed by atoms with Crippen molar-refractivity contribution in [2.45, 2.75) is 25.9 Å². The summed E-state index contributed by atoms with van der Waals surface area (Å²) in [5.74, 6) is 0.230. The number of nitrogens with one attached hydrogen (secondary N) is 1. The van der Waals surface area contributed by atoms with Gasteiger partial charge in [-0.05, 0) is 43.7 Å². The Morgan fingerprint density at radius 2 is 1.88 bits per heavy atom. The Kier molecular flexibility index (Phi) is 4.08. The van der Waals surface area contributed by atoms with Gasteiger partial charge < -0.3 is 14.5 Å². The van der Waals surface area contributed by atoms with Crippen LogP contribution in [-0.4, -0.2) is 29.9 Å². The van der Waals surface area contributed by atoms with E-state index < -0.39 is 17.5 Å². The molecule has 0 radical (unpaired) electrons. The Hall–Kier alpha value is -3.09. The third-order valence-electron chi connectivity index (χ3n) is 4.22. The Morgan fingerprint density at radius 1 is 1.20 bits per heavy atom. The highest BCUT2D eigenvalue weighted by Gasteiger charge is 2.51. The van der Waals surface area contributed by atoms with Crippen LogP contribution < -0.4 is 5.32 Å². The summed E-state index contributed by atoms with van der Waals surface area (Å²) in [6, 6.07) is 9.48. The second-order valence-electron chi connectivity index (χ2n) is 6.05. The number of rotatable bonds is 4. The average molecular weight is 342 g/mol. The summed E-state index contributed by atoms with van der Waals surface area (Å²) in [4.78, 5) is 37.7. The number of urea groups is 1. The number of methoxy groups -OCH3 is 1. The molecule has 0 aliphatic carbocycles. The van der Waals surface area contributed by atoms with Gasteiger partial charge in [0.05, 0.1) is 19.2 Å². The van der Waals surface area contributed by atoms with E-state index in [0.29, 0.717) is 17.1 Å². The fourth-order valence-electron chi connectivity index (χ4n) is 2.76. The molecule has 1 fully saturated rings. The smallest absolute Gasteiger partial charge is 0.337 e. The number of imide groups is 1. The number of amides is 3. The highest BCUT2D eigenvalue weighted by atomic mass is 16.5. The van der Waals surface area contributed by atoms with Gasteiger partial charge in [-0.1, -0.05) is 12.1 Å². The lowest BCUT2D eigenvalue weighted by molar-refractivity contribution is -0.132. The van der Waals surface area contributed by atoms with Crippen LogP contribution in [0.4, 0.5) is 4.79 Å². The van der Waals surface area contributed by atoms with Crippen LogP contribution in [0.5, 0.6) is 0 Å². The predicted molar refractivity (Wildman–Crippen MR) is 87.7 cm³/mol. The maximum Gasteiger partial charge on any atom is 0.337 e. The van der Waals surface area contributed by atoms with Crippen LogP contribution in [0.25, 0.3) is 0 Å². The second-order valence-corrected chi connectivity index (χ2v) is 6.05. The van der Waals surface area contributed by atoms with Crippen molar-refractivity contribution in [2.75, 3.05) is 7.11 Å². The summed E-state index contributed by atoms with van der Waals surface area (Å²) >= 11 is 0. The zero-order valence-corrected chi connectivity index (χ0v) is 14.2. The van der Waals surface area contributed by atoms with E-state index in [1.165, 1.54) is 7.11 Å². The van der Waals surface area contributed by atoms with Gasteiger partial charge in [-0.15, -0.1) is 0 Å². The Bertz CT molecular complexity index is 839. The van der Waals surface area contributed by atoms with Gasteiger partial charge in [-0.3, -0.25) is 9.69 Å². The lowest BCUT2D eigenvalue weighted by Crippen LogP contribution is -2.40. The van der Waals surface area contributed by atoms with Crippen molar-refractivity contribution in [1.29, 1.82) is 0 Å². The first-order chi connectivity index (χ1) is 11.8. The van der Waals surface area contributed by atoms with E-state index in [4.69, 9.17) is 4.42 Å². The van der Waals surface area contributed by atoms with Crippen LogP contribution >= 0.6 is 0 Å². The van der Waals surface area contributed by atoms with Crippen molar-refractivity contribution in [3.05, 3.63) is 59.0 Å². The van der Waals surface area contributed by atoms with Crippen molar-refractivity contribution >= 4 is 17.9 Å². The summed E-state index contributed by atoms with van der Waals surface area (Å²) in [5, 5.41) is 2.69. The van der Waals surface area contributed by atoms with Crippen molar-refractivity contribution < 1.29 is 23.5 Å². The molecule has 0 saturated carbocycles. The molecule has 2 heterocycles. The molecule has 1 saturated heterocycles. The molecular formula is C18H18N2O5. The summed E-state index contributed by atoms with van der Waals surface area (Å²) in [5.41, 5.74) is -0.104. The van der Waals surface area contributed by atoms with Gasteiger partial charge >= 0.3 is 12.0 Å². The minimum absolute atomic E-state index is 0.0986. The molecular weight excluding hydrogens is 324 g/mol. The number of esters is 1.